The first-order chi connectivity index (χ1) is 6.84. The highest BCUT2D eigenvalue weighted by Crippen LogP contribution is 2.07. The molecule has 0 atom stereocenters. The first kappa shape index (κ1) is 9.46. The minimum absolute atomic E-state index is 0.926. The van der Waals surface area contributed by atoms with Crippen molar-refractivity contribution in [1.82, 2.24) is 9.78 Å². The van der Waals surface area contributed by atoms with Crippen LogP contribution in [0.1, 0.15) is 5.56 Å². The van der Waals surface area contributed by atoms with Gasteiger partial charge in [0.25, 0.3) is 0 Å². The van der Waals surface area contributed by atoms with Crippen LogP contribution < -0.4 is 0 Å². The van der Waals surface area contributed by atoms with E-state index >= 15 is 0 Å². The quantitative estimate of drug-likeness (QED) is 0.820. The maximum Gasteiger partial charge on any atom is 0.0632 e. The van der Waals surface area contributed by atoms with Crippen LogP contribution in [-0.4, -0.2) is 9.78 Å². The van der Waals surface area contributed by atoms with Crippen molar-refractivity contribution in [3.8, 4) is 0 Å². The molecule has 2 aromatic rings. The van der Waals surface area contributed by atoms with Crippen LogP contribution in [0, 0.1) is 0 Å². The molecule has 72 valence electrons. The van der Waals surface area contributed by atoms with E-state index in [0.717, 1.165) is 17.4 Å². The first-order valence-corrected chi connectivity index (χ1v) is 5.36. The fourth-order valence-electron chi connectivity index (χ4n) is 1.35. The van der Waals surface area contributed by atoms with Gasteiger partial charge in [0.15, 0.2) is 0 Å². The maximum atomic E-state index is 4.20. The van der Waals surface area contributed by atoms with Crippen LogP contribution in [0.25, 0.3) is 0 Å². The molecule has 0 bridgehead atoms. The van der Waals surface area contributed by atoms with Crippen molar-refractivity contribution in [2.24, 2.45) is 0 Å². The Labute approximate surface area is 91.7 Å². The summed E-state index contributed by atoms with van der Waals surface area (Å²) >= 11 is 3.38. The van der Waals surface area contributed by atoms with E-state index in [1.54, 1.807) is 0 Å². The van der Waals surface area contributed by atoms with Crippen molar-refractivity contribution in [3.63, 3.8) is 0 Å². The highest BCUT2D eigenvalue weighted by molar-refractivity contribution is 9.10. The van der Waals surface area contributed by atoms with E-state index < -0.39 is 0 Å². The van der Waals surface area contributed by atoms with Gasteiger partial charge in [-0.3, -0.25) is 4.68 Å². The van der Waals surface area contributed by atoms with Crippen molar-refractivity contribution >= 4 is 15.9 Å². The summed E-state index contributed by atoms with van der Waals surface area (Å²) in [6.07, 6.45) is 4.82. The van der Waals surface area contributed by atoms with Gasteiger partial charge in [0.1, 0.15) is 0 Å². The average Bonchev–Trinajstić information content (AvgIpc) is 2.63. The van der Waals surface area contributed by atoms with Crippen LogP contribution in [-0.2, 0) is 13.0 Å². The molecule has 0 unspecified atom stereocenters. The molecule has 0 N–H and O–H groups in total. The topological polar surface area (TPSA) is 17.8 Å². The molecule has 0 spiro atoms. The second kappa shape index (κ2) is 4.42. The van der Waals surface area contributed by atoms with Crippen molar-refractivity contribution in [2.75, 3.05) is 0 Å². The molecule has 0 saturated carbocycles. The molecule has 2 rings (SSSR count). The molecule has 0 aliphatic carbocycles. The fourth-order valence-corrected chi connectivity index (χ4v) is 1.68. The molecule has 14 heavy (non-hydrogen) atoms. The number of aryl methyl sites for hydroxylation is 2. The Kier molecular flexibility index (Phi) is 2.99. The zero-order valence-electron chi connectivity index (χ0n) is 7.73. The summed E-state index contributed by atoms with van der Waals surface area (Å²) in [5, 5.41) is 4.20. The number of nitrogens with zero attached hydrogens (tertiary/aromatic N) is 2. The number of benzene rings is 1. The second-order valence-electron chi connectivity index (χ2n) is 3.16. The summed E-state index contributed by atoms with van der Waals surface area (Å²) in [4.78, 5) is 0. The number of hydrogen-bond acceptors (Lipinski definition) is 1. The van der Waals surface area contributed by atoms with E-state index in [1.807, 2.05) is 23.1 Å². The third-order valence-corrected chi connectivity index (χ3v) is 2.48. The van der Waals surface area contributed by atoms with Gasteiger partial charge in [0, 0.05) is 12.7 Å². The number of aromatic nitrogens is 2. The Hall–Kier alpha value is -1.09. The number of rotatable bonds is 3. The minimum atomic E-state index is 0.926. The smallest absolute Gasteiger partial charge is 0.0632 e. The SMILES string of the molecule is Brc1cnn(CCc2ccccc2)c1. The van der Waals surface area contributed by atoms with E-state index in [2.05, 4.69) is 45.3 Å². The molecule has 3 heteroatoms. The van der Waals surface area contributed by atoms with Crippen molar-refractivity contribution < 1.29 is 0 Å². The lowest BCUT2D eigenvalue weighted by Gasteiger charge is -2.00. The number of hydrogen-bond donors (Lipinski definition) is 0. The Morgan fingerprint density at radius 1 is 1.21 bits per heavy atom. The largest absolute Gasteiger partial charge is 0.271 e. The lowest BCUT2D eigenvalue weighted by atomic mass is 10.2. The van der Waals surface area contributed by atoms with Crippen molar-refractivity contribution in [2.45, 2.75) is 13.0 Å². The summed E-state index contributed by atoms with van der Waals surface area (Å²) in [6.45, 7) is 0.926. The summed E-state index contributed by atoms with van der Waals surface area (Å²) < 4.78 is 2.97. The van der Waals surface area contributed by atoms with Crippen molar-refractivity contribution in [1.29, 1.82) is 0 Å². The van der Waals surface area contributed by atoms with Gasteiger partial charge >= 0.3 is 0 Å². The normalized spacial score (nSPS) is 10.4. The molecule has 0 saturated heterocycles. The Morgan fingerprint density at radius 2 is 2.00 bits per heavy atom. The molecule has 0 fully saturated rings. The molecular weight excluding hydrogens is 240 g/mol. The third-order valence-electron chi connectivity index (χ3n) is 2.07. The monoisotopic (exact) mass is 250 g/mol. The summed E-state index contributed by atoms with van der Waals surface area (Å²) in [5.41, 5.74) is 1.35. The van der Waals surface area contributed by atoms with Crippen LogP contribution in [0.15, 0.2) is 47.2 Å². The van der Waals surface area contributed by atoms with Crippen LogP contribution in [0.5, 0.6) is 0 Å². The third kappa shape index (κ3) is 2.45. The molecule has 0 amide bonds. The molecule has 1 aromatic carbocycles. The maximum absolute atomic E-state index is 4.20. The molecular formula is C11H11BrN2. The molecule has 1 heterocycles. The predicted molar refractivity (Wildman–Crippen MR) is 60.1 cm³/mol. The van der Waals surface area contributed by atoms with Gasteiger partial charge in [-0.15, -0.1) is 0 Å². The van der Waals surface area contributed by atoms with Crippen LogP contribution in [0.4, 0.5) is 0 Å². The van der Waals surface area contributed by atoms with Gasteiger partial charge in [0.2, 0.25) is 0 Å². The Bertz CT molecular complexity index is 395. The van der Waals surface area contributed by atoms with Crippen LogP contribution in [0.2, 0.25) is 0 Å². The summed E-state index contributed by atoms with van der Waals surface area (Å²) in [5.74, 6) is 0. The van der Waals surface area contributed by atoms with Gasteiger partial charge in [-0.2, -0.15) is 5.10 Å². The standard InChI is InChI=1S/C11H11BrN2/c12-11-8-13-14(9-11)7-6-10-4-2-1-3-5-10/h1-5,8-9H,6-7H2. The molecule has 2 nitrogen and oxygen atoms in total. The van der Waals surface area contributed by atoms with Gasteiger partial charge in [-0.25, -0.2) is 0 Å². The van der Waals surface area contributed by atoms with Gasteiger partial charge < -0.3 is 0 Å². The minimum Gasteiger partial charge on any atom is -0.271 e. The summed E-state index contributed by atoms with van der Waals surface area (Å²) in [7, 11) is 0. The average molecular weight is 251 g/mol. The zero-order valence-corrected chi connectivity index (χ0v) is 9.31. The molecule has 0 aliphatic heterocycles. The van der Waals surface area contributed by atoms with Crippen LogP contribution >= 0.6 is 15.9 Å². The molecule has 0 aliphatic rings. The highest BCUT2D eigenvalue weighted by Gasteiger charge is 1.95. The highest BCUT2D eigenvalue weighted by atomic mass is 79.9. The Morgan fingerprint density at radius 3 is 2.64 bits per heavy atom. The number of halogens is 1. The van der Waals surface area contributed by atoms with Crippen LogP contribution in [0.3, 0.4) is 0 Å². The fraction of sp³-hybridized carbons (Fsp3) is 0.182. The Balaban J connectivity index is 1.95. The zero-order chi connectivity index (χ0) is 9.80. The van der Waals surface area contributed by atoms with E-state index in [4.69, 9.17) is 0 Å². The lowest BCUT2D eigenvalue weighted by molar-refractivity contribution is 0.614. The lowest BCUT2D eigenvalue weighted by Crippen LogP contribution is -2.01. The van der Waals surface area contributed by atoms with E-state index in [0.29, 0.717) is 0 Å². The van der Waals surface area contributed by atoms with Gasteiger partial charge in [-0.05, 0) is 27.9 Å². The van der Waals surface area contributed by atoms with E-state index in [-0.39, 0.29) is 0 Å². The second-order valence-corrected chi connectivity index (χ2v) is 4.07. The van der Waals surface area contributed by atoms with E-state index in [1.165, 1.54) is 5.56 Å². The molecule has 0 radical (unpaired) electrons. The molecule has 1 aromatic heterocycles. The van der Waals surface area contributed by atoms with Gasteiger partial charge in [0.05, 0.1) is 10.7 Å². The predicted octanol–water partition coefficient (Wildman–Crippen LogP) is 2.89. The first-order valence-electron chi connectivity index (χ1n) is 4.56. The summed E-state index contributed by atoms with van der Waals surface area (Å²) in [6, 6.07) is 10.4. The van der Waals surface area contributed by atoms with Crippen molar-refractivity contribution in [3.05, 3.63) is 52.8 Å². The van der Waals surface area contributed by atoms with Gasteiger partial charge in [-0.1, -0.05) is 30.3 Å². The van der Waals surface area contributed by atoms with E-state index in [9.17, 15) is 0 Å².